The van der Waals surface area contributed by atoms with Crippen molar-refractivity contribution in [2.45, 2.75) is 0 Å². The van der Waals surface area contributed by atoms with Crippen LogP contribution in [0.3, 0.4) is 0 Å². The van der Waals surface area contributed by atoms with Gasteiger partial charge in [0.2, 0.25) is 11.8 Å². The maximum Gasteiger partial charge on any atom is 0.248 e. The van der Waals surface area contributed by atoms with Gasteiger partial charge in [0.05, 0.1) is 5.75 Å². The second-order valence-electron chi connectivity index (χ2n) is 3.94. The molecule has 1 aromatic rings. The number of thiocarbonyl (C=S) groups is 1. The number of anilines is 1. The minimum atomic E-state index is -0.496. The van der Waals surface area contributed by atoms with Crippen molar-refractivity contribution < 1.29 is 9.59 Å². The van der Waals surface area contributed by atoms with Crippen molar-refractivity contribution >= 4 is 45.8 Å². The third-order valence-corrected chi connectivity index (χ3v) is 3.88. The zero-order valence-electron chi connectivity index (χ0n) is 10.7. The van der Waals surface area contributed by atoms with Crippen molar-refractivity contribution in [1.29, 1.82) is 0 Å². The van der Waals surface area contributed by atoms with Crippen LogP contribution in [0.25, 0.3) is 0 Å². The van der Waals surface area contributed by atoms with E-state index in [1.165, 1.54) is 11.8 Å². The molecule has 0 fully saturated rings. The van der Waals surface area contributed by atoms with Gasteiger partial charge >= 0.3 is 0 Å². The van der Waals surface area contributed by atoms with Gasteiger partial charge in [-0.15, -0.1) is 0 Å². The molecule has 0 aliphatic carbocycles. The number of carbonyl (C=O) groups excluding carboxylic acids is 2. The van der Waals surface area contributed by atoms with E-state index in [-0.39, 0.29) is 11.7 Å². The molecular formula is C12H15N3O2S2. The van der Waals surface area contributed by atoms with Gasteiger partial charge in [0.15, 0.2) is 0 Å². The van der Waals surface area contributed by atoms with E-state index in [9.17, 15) is 9.59 Å². The molecule has 0 aliphatic rings. The first kappa shape index (κ1) is 15.5. The summed E-state index contributed by atoms with van der Waals surface area (Å²) in [6, 6.07) is 6.39. The molecule has 5 nitrogen and oxygen atoms in total. The summed E-state index contributed by atoms with van der Waals surface area (Å²) >= 11 is 6.36. The lowest BCUT2D eigenvalue weighted by Crippen LogP contribution is -2.20. The molecule has 0 saturated heterocycles. The Hall–Kier alpha value is -1.60. The van der Waals surface area contributed by atoms with Crippen LogP contribution in [0.15, 0.2) is 24.3 Å². The van der Waals surface area contributed by atoms with E-state index in [1.807, 2.05) is 14.1 Å². The van der Waals surface area contributed by atoms with Gasteiger partial charge in [-0.3, -0.25) is 9.59 Å². The monoisotopic (exact) mass is 297 g/mol. The number of hydrogen-bond acceptors (Lipinski definition) is 4. The standard InChI is InChI=1S/C12H15N3O2S2/c1-15(2)12(18)19-7-10(16)14-9-5-3-8(4-6-9)11(13)17/h3-6H,7H2,1-2H3,(H2,13,17)(H,14,16). The quantitative estimate of drug-likeness (QED) is 0.819. The molecular weight excluding hydrogens is 282 g/mol. The van der Waals surface area contributed by atoms with Crippen LogP contribution in [0.2, 0.25) is 0 Å². The van der Waals surface area contributed by atoms with Gasteiger partial charge < -0.3 is 16.0 Å². The molecule has 7 heteroatoms. The fraction of sp³-hybridized carbons (Fsp3) is 0.250. The summed E-state index contributed by atoms with van der Waals surface area (Å²) in [6.45, 7) is 0. The van der Waals surface area contributed by atoms with Crippen LogP contribution in [0.5, 0.6) is 0 Å². The first-order valence-corrected chi connectivity index (χ1v) is 6.83. The number of benzene rings is 1. The second-order valence-corrected chi connectivity index (χ2v) is 5.55. The highest BCUT2D eigenvalue weighted by Crippen LogP contribution is 2.11. The Labute approximate surface area is 121 Å². The lowest BCUT2D eigenvalue weighted by Gasteiger charge is -2.12. The molecule has 0 saturated carbocycles. The largest absolute Gasteiger partial charge is 0.366 e. The molecule has 102 valence electrons. The lowest BCUT2D eigenvalue weighted by molar-refractivity contribution is -0.113. The maximum absolute atomic E-state index is 11.7. The van der Waals surface area contributed by atoms with Crippen LogP contribution in [-0.2, 0) is 4.79 Å². The molecule has 1 aromatic carbocycles. The van der Waals surface area contributed by atoms with E-state index in [0.29, 0.717) is 15.6 Å². The molecule has 2 amide bonds. The highest BCUT2D eigenvalue weighted by atomic mass is 32.2. The zero-order chi connectivity index (χ0) is 14.4. The van der Waals surface area contributed by atoms with Crippen LogP contribution >= 0.6 is 24.0 Å². The molecule has 0 heterocycles. The van der Waals surface area contributed by atoms with Crippen molar-refractivity contribution in [3.63, 3.8) is 0 Å². The first-order valence-electron chi connectivity index (χ1n) is 5.44. The number of carbonyl (C=O) groups is 2. The minimum absolute atomic E-state index is 0.152. The average molecular weight is 297 g/mol. The summed E-state index contributed by atoms with van der Waals surface area (Å²) in [7, 11) is 3.66. The van der Waals surface area contributed by atoms with Crippen molar-refractivity contribution in [1.82, 2.24) is 4.90 Å². The normalized spacial score (nSPS) is 9.79. The van der Waals surface area contributed by atoms with E-state index in [2.05, 4.69) is 5.32 Å². The topological polar surface area (TPSA) is 75.4 Å². The summed E-state index contributed by atoms with van der Waals surface area (Å²) in [5.41, 5.74) is 6.15. The highest BCUT2D eigenvalue weighted by molar-refractivity contribution is 8.23. The molecule has 0 aromatic heterocycles. The molecule has 0 unspecified atom stereocenters. The van der Waals surface area contributed by atoms with E-state index in [1.54, 1.807) is 29.2 Å². The molecule has 0 spiro atoms. The molecule has 0 aliphatic heterocycles. The van der Waals surface area contributed by atoms with Gasteiger partial charge in [0.25, 0.3) is 0 Å². The Morgan fingerprint density at radius 1 is 1.32 bits per heavy atom. The minimum Gasteiger partial charge on any atom is -0.366 e. The van der Waals surface area contributed by atoms with Gasteiger partial charge in [-0.1, -0.05) is 24.0 Å². The predicted octanol–water partition coefficient (Wildman–Crippen LogP) is 1.30. The number of rotatable bonds is 4. The summed E-state index contributed by atoms with van der Waals surface area (Å²) in [5.74, 6) is -0.403. The van der Waals surface area contributed by atoms with E-state index < -0.39 is 5.91 Å². The van der Waals surface area contributed by atoms with Crippen LogP contribution in [0.4, 0.5) is 5.69 Å². The number of nitrogens with zero attached hydrogens (tertiary/aromatic N) is 1. The van der Waals surface area contributed by atoms with E-state index in [0.717, 1.165) is 0 Å². The first-order chi connectivity index (χ1) is 8.90. The Kier molecular flexibility index (Phi) is 5.78. The molecule has 19 heavy (non-hydrogen) atoms. The van der Waals surface area contributed by atoms with Crippen molar-refractivity contribution in [3.05, 3.63) is 29.8 Å². The molecule has 0 atom stereocenters. The number of nitrogens with two attached hydrogens (primary N) is 1. The molecule has 0 bridgehead atoms. The van der Waals surface area contributed by atoms with Gasteiger partial charge in [-0.05, 0) is 24.3 Å². The second kappa shape index (κ2) is 7.10. The summed E-state index contributed by atoms with van der Waals surface area (Å²) in [5, 5.41) is 2.71. The van der Waals surface area contributed by atoms with Gasteiger partial charge in [0.1, 0.15) is 4.32 Å². The third kappa shape index (κ3) is 5.27. The average Bonchev–Trinajstić information content (AvgIpc) is 2.36. The van der Waals surface area contributed by atoms with Gasteiger partial charge in [0, 0.05) is 25.3 Å². The zero-order valence-corrected chi connectivity index (χ0v) is 12.3. The Balaban J connectivity index is 2.48. The molecule has 3 N–H and O–H groups in total. The van der Waals surface area contributed by atoms with Crippen LogP contribution < -0.4 is 11.1 Å². The number of thioether (sulfide) groups is 1. The number of hydrogen-bond donors (Lipinski definition) is 2. The van der Waals surface area contributed by atoms with Crippen molar-refractivity contribution in [2.24, 2.45) is 5.73 Å². The summed E-state index contributed by atoms with van der Waals surface area (Å²) in [4.78, 5) is 24.3. The summed E-state index contributed by atoms with van der Waals surface area (Å²) < 4.78 is 0.652. The fourth-order valence-electron chi connectivity index (χ4n) is 1.17. The SMILES string of the molecule is CN(C)C(=S)SCC(=O)Nc1ccc(C(N)=O)cc1. The highest BCUT2D eigenvalue weighted by Gasteiger charge is 2.07. The predicted molar refractivity (Wildman–Crippen MR) is 82.3 cm³/mol. The smallest absolute Gasteiger partial charge is 0.248 e. The Morgan fingerprint density at radius 2 is 1.89 bits per heavy atom. The lowest BCUT2D eigenvalue weighted by atomic mass is 10.2. The van der Waals surface area contributed by atoms with Crippen molar-refractivity contribution in [3.8, 4) is 0 Å². The maximum atomic E-state index is 11.7. The van der Waals surface area contributed by atoms with Crippen LogP contribution in [0, 0.1) is 0 Å². The molecule has 1 rings (SSSR count). The van der Waals surface area contributed by atoms with Crippen molar-refractivity contribution in [2.75, 3.05) is 25.2 Å². The fourth-order valence-corrected chi connectivity index (χ4v) is 1.93. The number of nitrogens with one attached hydrogen (secondary N) is 1. The van der Waals surface area contributed by atoms with E-state index in [4.69, 9.17) is 18.0 Å². The summed E-state index contributed by atoms with van der Waals surface area (Å²) in [6.07, 6.45) is 0. The van der Waals surface area contributed by atoms with Gasteiger partial charge in [-0.25, -0.2) is 0 Å². The Bertz CT molecular complexity index is 486. The van der Waals surface area contributed by atoms with Crippen LogP contribution in [0.1, 0.15) is 10.4 Å². The van der Waals surface area contributed by atoms with E-state index >= 15 is 0 Å². The van der Waals surface area contributed by atoms with Gasteiger partial charge in [-0.2, -0.15) is 0 Å². The van der Waals surface area contributed by atoms with Crippen LogP contribution in [-0.4, -0.2) is 40.9 Å². The molecule has 0 radical (unpaired) electrons. The Morgan fingerprint density at radius 3 is 2.37 bits per heavy atom. The number of primary amides is 1. The number of amides is 2. The third-order valence-electron chi connectivity index (χ3n) is 2.15.